The number of hydrogen-bond donors (Lipinski definition) is 2. The van der Waals surface area contributed by atoms with E-state index in [2.05, 4.69) is 22.2 Å². The molecule has 1 heterocycles. The number of nitrogens with zero attached hydrogens (tertiary/aromatic N) is 1. The smallest absolute Gasteiger partial charge is 0.335 e. The molecule has 0 spiro atoms. The van der Waals surface area contributed by atoms with Crippen molar-refractivity contribution in [2.24, 2.45) is 0 Å². The summed E-state index contributed by atoms with van der Waals surface area (Å²) < 4.78 is 37.3. The summed E-state index contributed by atoms with van der Waals surface area (Å²) in [4.78, 5) is 14.9. The van der Waals surface area contributed by atoms with Crippen LogP contribution >= 0.6 is 11.3 Å². The van der Waals surface area contributed by atoms with Gasteiger partial charge in [0.2, 0.25) is 0 Å². The van der Waals surface area contributed by atoms with E-state index in [1.165, 1.54) is 6.08 Å². The van der Waals surface area contributed by atoms with Crippen LogP contribution in [0.3, 0.4) is 0 Å². The predicted octanol–water partition coefficient (Wildman–Crippen LogP) is 3.10. The van der Waals surface area contributed by atoms with Gasteiger partial charge in [-0.25, -0.2) is 9.78 Å². The minimum absolute atomic E-state index is 0.239. The van der Waals surface area contributed by atoms with Crippen LogP contribution < -0.4 is 10.6 Å². The van der Waals surface area contributed by atoms with Gasteiger partial charge in [-0.1, -0.05) is 13.0 Å². The van der Waals surface area contributed by atoms with Crippen molar-refractivity contribution in [1.82, 2.24) is 15.6 Å². The fraction of sp³-hybridized carbons (Fsp3) is 0.455. The fourth-order valence-corrected chi connectivity index (χ4v) is 2.25. The zero-order chi connectivity index (χ0) is 14.5. The van der Waals surface area contributed by atoms with Crippen molar-refractivity contribution in [3.8, 4) is 0 Å². The number of carbonyl (C=O) groups is 1. The highest BCUT2D eigenvalue weighted by atomic mass is 32.1. The standard InChI is InChI=1S/C11H14F3N3OS/c1-3-5-15-10(18)16-7(4-2)9-17-8(6-19-9)11(12,13)14/h3,6-7H,1,4-5H2,2H3,(H2,15,16,18)/t7-/m1/s1. The van der Waals surface area contributed by atoms with Crippen molar-refractivity contribution in [2.75, 3.05) is 6.54 Å². The van der Waals surface area contributed by atoms with E-state index in [0.29, 0.717) is 6.42 Å². The number of urea groups is 1. The summed E-state index contributed by atoms with van der Waals surface area (Å²) in [6.45, 7) is 5.49. The zero-order valence-corrected chi connectivity index (χ0v) is 11.1. The lowest BCUT2D eigenvalue weighted by Gasteiger charge is -2.14. The highest BCUT2D eigenvalue weighted by molar-refractivity contribution is 7.09. The van der Waals surface area contributed by atoms with Crippen molar-refractivity contribution >= 4 is 17.4 Å². The van der Waals surface area contributed by atoms with E-state index in [1.54, 1.807) is 6.92 Å². The lowest BCUT2D eigenvalue weighted by molar-refractivity contribution is -0.140. The normalized spacial score (nSPS) is 12.8. The van der Waals surface area contributed by atoms with E-state index in [9.17, 15) is 18.0 Å². The molecule has 0 aliphatic rings. The number of rotatable bonds is 5. The molecule has 0 radical (unpaired) electrons. The lowest BCUT2D eigenvalue weighted by atomic mass is 10.2. The molecule has 19 heavy (non-hydrogen) atoms. The minimum Gasteiger partial charge on any atom is -0.335 e. The summed E-state index contributed by atoms with van der Waals surface area (Å²) >= 11 is 0.881. The summed E-state index contributed by atoms with van der Waals surface area (Å²) in [7, 11) is 0. The Morgan fingerprint density at radius 3 is 2.79 bits per heavy atom. The van der Waals surface area contributed by atoms with Crippen molar-refractivity contribution in [3.63, 3.8) is 0 Å². The Morgan fingerprint density at radius 2 is 2.32 bits per heavy atom. The van der Waals surface area contributed by atoms with E-state index >= 15 is 0 Å². The molecule has 106 valence electrons. The van der Waals surface area contributed by atoms with Crippen LogP contribution in [0.1, 0.15) is 30.1 Å². The molecule has 1 atom stereocenters. The van der Waals surface area contributed by atoms with Crippen LogP contribution in [0.25, 0.3) is 0 Å². The van der Waals surface area contributed by atoms with Crippen LogP contribution in [0, 0.1) is 0 Å². The van der Waals surface area contributed by atoms with E-state index in [4.69, 9.17) is 0 Å². The maximum Gasteiger partial charge on any atom is 0.434 e. The molecule has 0 aliphatic carbocycles. The van der Waals surface area contributed by atoms with Crippen LogP contribution in [-0.4, -0.2) is 17.6 Å². The second-order valence-corrected chi connectivity index (χ2v) is 4.56. The molecule has 0 fully saturated rings. The van der Waals surface area contributed by atoms with Gasteiger partial charge in [-0.15, -0.1) is 17.9 Å². The first-order chi connectivity index (χ1) is 8.88. The molecule has 1 aromatic rings. The second kappa shape index (κ2) is 6.55. The van der Waals surface area contributed by atoms with Crippen LogP contribution in [0.2, 0.25) is 0 Å². The molecule has 1 aromatic heterocycles. The molecule has 0 aromatic carbocycles. The number of aromatic nitrogens is 1. The van der Waals surface area contributed by atoms with E-state index in [1.807, 2.05) is 0 Å². The van der Waals surface area contributed by atoms with Gasteiger partial charge in [0.1, 0.15) is 5.01 Å². The highest BCUT2D eigenvalue weighted by Crippen LogP contribution is 2.32. The molecule has 0 saturated carbocycles. The number of nitrogens with one attached hydrogen (secondary N) is 2. The third kappa shape index (κ3) is 4.55. The molecule has 2 amide bonds. The molecule has 8 heteroatoms. The molecule has 0 saturated heterocycles. The number of alkyl halides is 3. The maximum absolute atomic E-state index is 12.4. The Morgan fingerprint density at radius 1 is 1.63 bits per heavy atom. The summed E-state index contributed by atoms with van der Waals surface area (Å²) in [5, 5.41) is 6.24. The van der Waals surface area contributed by atoms with Gasteiger partial charge in [-0.2, -0.15) is 13.2 Å². The van der Waals surface area contributed by atoms with Crippen LogP contribution in [0.4, 0.5) is 18.0 Å². The number of carbonyl (C=O) groups excluding carboxylic acids is 1. The molecule has 0 unspecified atom stereocenters. The third-order valence-corrected chi connectivity index (χ3v) is 3.19. The number of hydrogen-bond acceptors (Lipinski definition) is 3. The monoisotopic (exact) mass is 293 g/mol. The second-order valence-electron chi connectivity index (χ2n) is 3.67. The highest BCUT2D eigenvalue weighted by Gasteiger charge is 2.34. The minimum atomic E-state index is -4.46. The first-order valence-corrected chi connectivity index (χ1v) is 6.44. The quantitative estimate of drug-likeness (QED) is 0.820. The van der Waals surface area contributed by atoms with E-state index in [0.717, 1.165) is 16.7 Å². The topological polar surface area (TPSA) is 54.0 Å². The summed E-state index contributed by atoms with van der Waals surface area (Å²) in [5.41, 5.74) is -0.931. The van der Waals surface area contributed by atoms with Gasteiger partial charge in [0.05, 0.1) is 6.04 Å². The molecule has 4 nitrogen and oxygen atoms in total. The first kappa shape index (κ1) is 15.5. The number of amides is 2. The van der Waals surface area contributed by atoms with Crippen LogP contribution in [0.5, 0.6) is 0 Å². The van der Waals surface area contributed by atoms with E-state index < -0.39 is 23.9 Å². The van der Waals surface area contributed by atoms with Gasteiger partial charge in [-0.05, 0) is 6.42 Å². The summed E-state index contributed by atoms with van der Waals surface area (Å²) in [6, 6.07) is -0.999. The number of halogens is 3. The average Bonchev–Trinajstić information content (AvgIpc) is 2.82. The Hall–Kier alpha value is -1.57. The molecule has 0 aliphatic heterocycles. The average molecular weight is 293 g/mol. The van der Waals surface area contributed by atoms with Crippen LogP contribution in [-0.2, 0) is 6.18 Å². The van der Waals surface area contributed by atoms with Gasteiger partial charge in [0, 0.05) is 11.9 Å². The zero-order valence-electron chi connectivity index (χ0n) is 10.3. The van der Waals surface area contributed by atoms with Crippen LogP contribution in [0.15, 0.2) is 18.0 Å². The van der Waals surface area contributed by atoms with Crippen molar-refractivity contribution in [3.05, 3.63) is 28.7 Å². The Balaban J connectivity index is 2.72. The van der Waals surface area contributed by atoms with Crippen molar-refractivity contribution < 1.29 is 18.0 Å². The summed E-state index contributed by atoms with van der Waals surface area (Å²) in [6.07, 6.45) is -2.50. The van der Waals surface area contributed by atoms with Gasteiger partial charge >= 0.3 is 12.2 Å². The Labute approximate surface area is 112 Å². The fourth-order valence-electron chi connectivity index (χ4n) is 1.29. The van der Waals surface area contributed by atoms with Crippen molar-refractivity contribution in [2.45, 2.75) is 25.6 Å². The van der Waals surface area contributed by atoms with E-state index in [-0.39, 0.29) is 11.6 Å². The van der Waals surface area contributed by atoms with Gasteiger partial charge in [0.25, 0.3) is 0 Å². The lowest BCUT2D eigenvalue weighted by Crippen LogP contribution is -2.37. The summed E-state index contributed by atoms with van der Waals surface area (Å²) in [5.74, 6) is 0. The molecular weight excluding hydrogens is 279 g/mol. The largest absolute Gasteiger partial charge is 0.434 e. The van der Waals surface area contributed by atoms with Gasteiger partial charge < -0.3 is 10.6 Å². The van der Waals surface area contributed by atoms with Gasteiger partial charge in [0.15, 0.2) is 5.69 Å². The van der Waals surface area contributed by atoms with Gasteiger partial charge in [-0.3, -0.25) is 0 Å². The molecular formula is C11H14F3N3OS. The Kier molecular flexibility index (Phi) is 5.34. The third-order valence-electron chi connectivity index (χ3n) is 2.23. The predicted molar refractivity (Wildman–Crippen MR) is 66.9 cm³/mol. The SMILES string of the molecule is C=CCNC(=O)N[C@H](CC)c1nc(C(F)(F)F)cs1. The Bertz CT molecular complexity index is 445. The van der Waals surface area contributed by atoms with Crippen molar-refractivity contribution in [1.29, 1.82) is 0 Å². The first-order valence-electron chi connectivity index (χ1n) is 5.56. The molecule has 1 rings (SSSR count). The maximum atomic E-state index is 12.4. The molecule has 2 N–H and O–H groups in total. The molecule has 0 bridgehead atoms. The number of thiazole rings is 1.